The fourth-order valence-corrected chi connectivity index (χ4v) is 4.10. The van der Waals surface area contributed by atoms with Gasteiger partial charge in [-0.3, -0.25) is 9.69 Å². The van der Waals surface area contributed by atoms with Crippen LogP contribution in [0.3, 0.4) is 0 Å². The molecule has 0 bridgehead atoms. The van der Waals surface area contributed by atoms with Crippen molar-refractivity contribution in [3.8, 4) is 11.5 Å². The number of methoxy groups -OCH3 is 1. The number of hydrogen-bond acceptors (Lipinski definition) is 6. The van der Waals surface area contributed by atoms with Gasteiger partial charge in [-0.05, 0) is 62.0 Å². The van der Waals surface area contributed by atoms with Crippen LogP contribution < -0.4 is 19.7 Å². The minimum Gasteiger partial charge on any atom is -0.493 e. The molecule has 1 aliphatic rings. The standard InChI is InChI=1S/C26H38N4O3/c1-5-28-14-16-30(17-15-28)23-11-9-22(10-12-23)27-26(31)20-29(6-2)19-21-8-13-24(33-7-3)25(18-21)32-4/h8-13,18H,5-7,14-17,19-20H2,1-4H3,(H,27,31). The largest absolute Gasteiger partial charge is 0.493 e. The summed E-state index contributed by atoms with van der Waals surface area (Å²) in [5, 5.41) is 3.04. The summed E-state index contributed by atoms with van der Waals surface area (Å²) in [6, 6.07) is 14.1. The summed E-state index contributed by atoms with van der Waals surface area (Å²) in [6.45, 7) is 14.0. The fourth-order valence-electron chi connectivity index (χ4n) is 4.10. The molecule has 1 saturated heterocycles. The highest BCUT2D eigenvalue weighted by molar-refractivity contribution is 5.92. The molecular formula is C26H38N4O3. The van der Waals surface area contributed by atoms with Crippen molar-refractivity contribution < 1.29 is 14.3 Å². The molecule has 1 amide bonds. The van der Waals surface area contributed by atoms with Gasteiger partial charge in [0, 0.05) is 44.1 Å². The Morgan fingerprint density at radius 3 is 2.33 bits per heavy atom. The SMILES string of the molecule is CCOc1ccc(CN(CC)CC(=O)Nc2ccc(N3CCN(CC)CC3)cc2)cc1OC. The molecule has 3 rings (SSSR count). The average molecular weight is 455 g/mol. The first-order valence-electron chi connectivity index (χ1n) is 12.0. The minimum atomic E-state index is -0.0148. The monoisotopic (exact) mass is 454 g/mol. The molecule has 2 aromatic rings. The van der Waals surface area contributed by atoms with Gasteiger partial charge >= 0.3 is 0 Å². The summed E-state index contributed by atoms with van der Waals surface area (Å²) in [4.78, 5) is 19.7. The first-order chi connectivity index (χ1) is 16.1. The Hall–Kier alpha value is -2.77. The predicted molar refractivity (Wildman–Crippen MR) is 135 cm³/mol. The number of carbonyl (C=O) groups is 1. The van der Waals surface area contributed by atoms with Crippen molar-refractivity contribution in [1.29, 1.82) is 0 Å². The van der Waals surface area contributed by atoms with Gasteiger partial charge in [0.05, 0.1) is 20.3 Å². The van der Waals surface area contributed by atoms with Crippen LogP contribution in [-0.4, -0.2) is 75.2 Å². The zero-order valence-corrected chi connectivity index (χ0v) is 20.5. The second-order valence-electron chi connectivity index (χ2n) is 8.24. The zero-order chi connectivity index (χ0) is 23.6. The smallest absolute Gasteiger partial charge is 0.238 e. The van der Waals surface area contributed by atoms with E-state index in [9.17, 15) is 4.79 Å². The molecule has 1 fully saturated rings. The highest BCUT2D eigenvalue weighted by Gasteiger charge is 2.16. The van der Waals surface area contributed by atoms with Crippen molar-refractivity contribution in [2.45, 2.75) is 27.3 Å². The Bertz CT molecular complexity index is 880. The Morgan fingerprint density at radius 1 is 1.00 bits per heavy atom. The van der Waals surface area contributed by atoms with E-state index in [-0.39, 0.29) is 5.91 Å². The van der Waals surface area contributed by atoms with Gasteiger partial charge in [-0.25, -0.2) is 0 Å². The molecule has 7 nitrogen and oxygen atoms in total. The molecule has 0 aliphatic carbocycles. The molecule has 0 saturated carbocycles. The van der Waals surface area contributed by atoms with Crippen molar-refractivity contribution >= 4 is 17.3 Å². The maximum Gasteiger partial charge on any atom is 0.238 e. The number of carbonyl (C=O) groups excluding carboxylic acids is 1. The quantitative estimate of drug-likeness (QED) is 0.559. The number of benzene rings is 2. The first-order valence-corrected chi connectivity index (χ1v) is 12.0. The molecule has 0 atom stereocenters. The Morgan fingerprint density at radius 2 is 1.73 bits per heavy atom. The van der Waals surface area contributed by atoms with Gasteiger partial charge in [-0.15, -0.1) is 0 Å². The van der Waals surface area contributed by atoms with Crippen LogP contribution in [0.25, 0.3) is 0 Å². The van der Waals surface area contributed by atoms with Crippen LogP contribution in [-0.2, 0) is 11.3 Å². The van der Waals surface area contributed by atoms with E-state index >= 15 is 0 Å². The molecule has 1 aliphatic heterocycles. The molecule has 180 valence electrons. The van der Waals surface area contributed by atoms with Gasteiger partial charge in [0.25, 0.3) is 0 Å². The Labute approximate surface area is 198 Å². The Balaban J connectivity index is 1.52. The van der Waals surface area contributed by atoms with Crippen LogP contribution in [0.5, 0.6) is 11.5 Å². The van der Waals surface area contributed by atoms with Crippen LogP contribution in [0.4, 0.5) is 11.4 Å². The van der Waals surface area contributed by atoms with Gasteiger partial charge in [0.2, 0.25) is 5.91 Å². The highest BCUT2D eigenvalue weighted by atomic mass is 16.5. The van der Waals surface area contributed by atoms with E-state index < -0.39 is 0 Å². The van der Waals surface area contributed by atoms with Crippen molar-refractivity contribution in [1.82, 2.24) is 9.80 Å². The van der Waals surface area contributed by atoms with Crippen LogP contribution >= 0.6 is 0 Å². The van der Waals surface area contributed by atoms with E-state index in [0.29, 0.717) is 25.4 Å². The first kappa shape index (κ1) is 24.9. The third-order valence-corrected chi connectivity index (χ3v) is 6.08. The topological polar surface area (TPSA) is 57.3 Å². The normalized spacial score (nSPS) is 14.4. The summed E-state index contributed by atoms with van der Waals surface area (Å²) in [6.07, 6.45) is 0. The lowest BCUT2D eigenvalue weighted by molar-refractivity contribution is -0.117. The summed E-state index contributed by atoms with van der Waals surface area (Å²) in [7, 11) is 1.64. The number of hydrogen-bond donors (Lipinski definition) is 1. The highest BCUT2D eigenvalue weighted by Crippen LogP contribution is 2.28. The second kappa shape index (κ2) is 12.5. The molecule has 33 heavy (non-hydrogen) atoms. The number of nitrogens with one attached hydrogen (secondary N) is 1. The van der Waals surface area contributed by atoms with Crippen LogP contribution in [0.1, 0.15) is 26.3 Å². The van der Waals surface area contributed by atoms with E-state index in [1.54, 1.807) is 7.11 Å². The lowest BCUT2D eigenvalue weighted by Crippen LogP contribution is -2.46. The van der Waals surface area contributed by atoms with E-state index in [0.717, 1.165) is 56.3 Å². The van der Waals surface area contributed by atoms with Crippen LogP contribution in [0.15, 0.2) is 42.5 Å². The van der Waals surface area contributed by atoms with E-state index in [1.165, 1.54) is 5.69 Å². The maximum absolute atomic E-state index is 12.7. The molecule has 2 aromatic carbocycles. The summed E-state index contributed by atoms with van der Waals surface area (Å²) in [5.74, 6) is 1.44. The zero-order valence-electron chi connectivity index (χ0n) is 20.5. The average Bonchev–Trinajstić information content (AvgIpc) is 2.85. The minimum absolute atomic E-state index is 0.0148. The van der Waals surface area contributed by atoms with E-state index in [4.69, 9.17) is 9.47 Å². The molecule has 0 unspecified atom stereocenters. The van der Waals surface area contributed by atoms with E-state index in [2.05, 4.69) is 46.0 Å². The summed E-state index contributed by atoms with van der Waals surface area (Å²) >= 11 is 0. The summed E-state index contributed by atoms with van der Waals surface area (Å²) < 4.78 is 11.0. The molecular weight excluding hydrogens is 416 g/mol. The third kappa shape index (κ3) is 7.11. The lowest BCUT2D eigenvalue weighted by atomic mass is 10.2. The molecule has 1 N–H and O–H groups in total. The Kier molecular flexibility index (Phi) is 9.39. The fraction of sp³-hybridized carbons (Fsp3) is 0.500. The summed E-state index contributed by atoms with van der Waals surface area (Å²) in [5.41, 5.74) is 3.12. The number of ether oxygens (including phenoxy) is 2. The number of nitrogens with zero attached hydrogens (tertiary/aromatic N) is 3. The predicted octanol–water partition coefficient (Wildman–Crippen LogP) is 3.70. The molecule has 0 aromatic heterocycles. The number of likely N-dealkylation sites (N-methyl/N-ethyl adjacent to an activating group) is 2. The van der Waals surface area contributed by atoms with Crippen LogP contribution in [0.2, 0.25) is 0 Å². The maximum atomic E-state index is 12.7. The molecule has 1 heterocycles. The molecule has 0 spiro atoms. The van der Waals surface area contributed by atoms with Gasteiger partial charge in [-0.1, -0.05) is 19.9 Å². The van der Waals surface area contributed by atoms with Crippen molar-refractivity contribution in [3.05, 3.63) is 48.0 Å². The number of piperazine rings is 1. The van der Waals surface area contributed by atoms with Gasteiger partial charge < -0.3 is 24.6 Å². The van der Waals surface area contributed by atoms with Gasteiger partial charge in [0.15, 0.2) is 11.5 Å². The van der Waals surface area contributed by atoms with Crippen molar-refractivity contribution in [2.75, 3.05) is 69.7 Å². The van der Waals surface area contributed by atoms with Gasteiger partial charge in [-0.2, -0.15) is 0 Å². The van der Waals surface area contributed by atoms with Crippen molar-refractivity contribution in [3.63, 3.8) is 0 Å². The molecule has 7 heteroatoms. The number of rotatable bonds is 11. The van der Waals surface area contributed by atoms with Crippen LogP contribution in [0, 0.1) is 0 Å². The lowest BCUT2D eigenvalue weighted by Gasteiger charge is -2.35. The third-order valence-electron chi connectivity index (χ3n) is 6.08. The van der Waals surface area contributed by atoms with E-state index in [1.807, 2.05) is 37.3 Å². The number of anilines is 2. The van der Waals surface area contributed by atoms with Crippen molar-refractivity contribution in [2.24, 2.45) is 0 Å². The van der Waals surface area contributed by atoms with Gasteiger partial charge in [0.1, 0.15) is 0 Å². The number of amides is 1. The molecule has 0 radical (unpaired) electrons. The second-order valence-corrected chi connectivity index (χ2v) is 8.24.